The maximum Gasteiger partial charge on any atom is 0.270 e. The summed E-state index contributed by atoms with van der Waals surface area (Å²) in [5.74, 6) is -1.24. The number of nitrogens with zero attached hydrogens (tertiary/aromatic N) is 2. The normalized spacial score (nSPS) is 16.1. The monoisotopic (exact) mass is 331 g/mol. The lowest BCUT2D eigenvalue weighted by Gasteiger charge is -2.32. The number of likely N-dealkylation sites (tertiary alicyclic amines) is 1. The molecule has 0 radical (unpaired) electrons. The predicted molar refractivity (Wildman–Crippen MR) is 86.4 cm³/mol. The Morgan fingerprint density at radius 1 is 1.21 bits per heavy atom. The van der Waals surface area contributed by atoms with E-state index < -0.39 is 11.6 Å². The zero-order valence-electron chi connectivity index (χ0n) is 13.2. The molecule has 0 aliphatic carbocycles. The molecule has 4 nitrogen and oxygen atoms in total. The molecule has 0 spiro atoms. The number of aromatic nitrogens is 1. The van der Waals surface area contributed by atoms with Crippen LogP contribution in [-0.4, -0.2) is 34.9 Å². The summed E-state index contributed by atoms with van der Waals surface area (Å²) in [7, 11) is 0. The molecule has 0 bridgehead atoms. The Morgan fingerprint density at radius 2 is 2.00 bits per heavy atom. The van der Waals surface area contributed by atoms with Crippen LogP contribution in [0.3, 0.4) is 0 Å². The maximum atomic E-state index is 13.7. The van der Waals surface area contributed by atoms with E-state index in [1.165, 1.54) is 12.1 Å². The van der Waals surface area contributed by atoms with E-state index in [4.69, 9.17) is 0 Å². The Kier molecular flexibility index (Phi) is 5.15. The van der Waals surface area contributed by atoms with Crippen molar-refractivity contribution in [3.63, 3.8) is 0 Å². The van der Waals surface area contributed by atoms with Crippen LogP contribution < -0.4 is 5.32 Å². The largest absolute Gasteiger partial charge is 0.348 e. The maximum absolute atomic E-state index is 13.7. The molecule has 1 saturated heterocycles. The van der Waals surface area contributed by atoms with Crippen molar-refractivity contribution in [2.24, 2.45) is 0 Å². The van der Waals surface area contributed by atoms with Crippen LogP contribution in [0.5, 0.6) is 0 Å². The summed E-state index contributed by atoms with van der Waals surface area (Å²) >= 11 is 0. The highest BCUT2D eigenvalue weighted by atomic mass is 19.1. The second-order valence-corrected chi connectivity index (χ2v) is 5.97. The van der Waals surface area contributed by atoms with E-state index in [0.29, 0.717) is 17.8 Å². The van der Waals surface area contributed by atoms with Crippen LogP contribution in [0.1, 0.15) is 28.9 Å². The van der Waals surface area contributed by atoms with Gasteiger partial charge in [0.2, 0.25) is 0 Å². The third-order valence-corrected chi connectivity index (χ3v) is 4.23. The van der Waals surface area contributed by atoms with Crippen LogP contribution >= 0.6 is 0 Å². The number of nitrogens with one attached hydrogen (secondary N) is 1. The molecule has 1 aromatic heterocycles. The standard InChI is InChI=1S/C18H19F2N3O/c19-14-5-4-13(16(20)11-14)12-23-9-6-15(7-10-23)22-18(24)17-3-1-2-8-21-17/h1-5,8,11,15H,6-7,9-10,12H2,(H,22,24). The number of carbonyl (C=O) groups is 1. The quantitative estimate of drug-likeness (QED) is 0.937. The number of hydrogen-bond donors (Lipinski definition) is 1. The SMILES string of the molecule is O=C(NC1CCN(Cc2ccc(F)cc2F)CC1)c1ccccn1. The van der Waals surface area contributed by atoms with Crippen molar-refractivity contribution in [2.75, 3.05) is 13.1 Å². The Hall–Kier alpha value is -2.34. The van der Waals surface area contributed by atoms with Crippen LogP contribution in [0.15, 0.2) is 42.6 Å². The first-order valence-electron chi connectivity index (χ1n) is 8.00. The zero-order chi connectivity index (χ0) is 16.9. The van der Waals surface area contributed by atoms with Crippen molar-refractivity contribution in [1.29, 1.82) is 0 Å². The summed E-state index contributed by atoms with van der Waals surface area (Å²) < 4.78 is 26.7. The Balaban J connectivity index is 1.50. The number of halogens is 2. The van der Waals surface area contributed by atoms with Crippen molar-refractivity contribution < 1.29 is 13.6 Å². The van der Waals surface area contributed by atoms with Gasteiger partial charge in [0.15, 0.2) is 0 Å². The second-order valence-electron chi connectivity index (χ2n) is 5.97. The van der Waals surface area contributed by atoms with E-state index in [2.05, 4.69) is 15.2 Å². The molecule has 2 aromatic rings. The molecule has 1 N–H and O–H groups in total. The number of carbonyl (C=O) groups excluding carboxylic acids is 1. The third kappa shape index (κ3) is 4.14. The van der Waals surface area contributed by atoms with Gasteiger partial charge in [-0.3, -0.25) is 14.7 Å². The van der Waals surface area contributed by atoms with Gasteiger partial charge >= 0.3 is 0 Å². The summed E-state index contributed by atoms with van der Waals surface area (Å²) in [4.78, 5) is 18.2. The first kappa shape index (κ1) is 16.5. The highest BCUT2D eigenvalue weighted by molar-refractivity contribution is 5.92. The van der Waals surface area contributed by atoms with E-state index in [1.807, 2.05) is 0 Å². The molecular weight excluding hydrogens is 312 g/mol. The molecule has 24 heavy (non-hydrogen) atoms. The van der Waals surface area contributed by atoms with Crippen LogP contribution in [0, 0.1) is 11.6 Å². The summed E-state index contributed by atoms with van der Waals surface area (Å²) in [5, 5.41) is 2.99. The van der Waals surface area contributed by atoms with Crippen LogP contribution in [0.4, 0.5) is 8.78 Å². The lowest BCUT2D eigenvalue weighted by Crippen LogP contribution is -2.44. The molecule has 1 amide bonds. The fourth-order valence-corrected chi connectivity index (χ4v) is 2.88. The van der Waals surface area contributed by atoms with Gasteiger partial charge in [0.1, 0.15) is 17.3 Å². The molecule has 1 aliphatic rings. The van der Waals surface area contributed by atoms with Crippen molar-refractivity contribution >= 4 is 5.91 Å². The molecule has 2 heterocycles. The second kappa shape index (κ2) is 7.49. The minimum absolute atomic E-state index is 0.0915. The molecule has 1 aromatic carbocycles. The lowest BCUT2D eigenvalue weighted by atomic mass is 10.0. The van der Waals surface area contributed by atoms with Crippen molar-refractivity contribution in [2.45, 2.75) is 25.4 Å². The van der Waals surface area contributed by atoms with Gasteiger partial charge in [0, 0.05) is 43.5 Å². The number of hydrogen-bond acceptors (Lipinski definition) is 3. The fourth-order valence-electron chi connectivity index (χ4n) is 2.88. The van der Waals surface area contributed by atoms with Crippen LogP contribution in [0.2, 0.25) is 0 Å². The molecule has 3 rings (SSSR count). The summed E-state index contributed by atoms with van der Waals surface area (Å²) in [6.45, 7) is 1.96. The third-order valence-electron chi connectivity index (χ3n) is 4.23. The average Bonchev–Trinajstić information content (AvgIpc) is 2.60. The minimum atomic E-state index is -0.563. The topological polar surface area (TPSA) is 45.2 Å². The Bertz CT molecular complexity index is 701. The summed E-state index contributed by atoms with van der Waals surface area (Å²) in [6.07, 6.45) is 3.18. The number of amides is 1. The van der Waals surface area contributed by atoms with Gasteiger partial charge in [-0.15, -0.1) is 0 Å². The van der Waals surface area contributed by atoms with Gasteiger partial charge < -0.3 is 5.32 Å². The smallest absolute Gasteiger partial charge is 0.270 e. The van der Waals surface area contributed by atoms with Crippen molar-refractivity contribution in [1.82, 2.24) is 15.2 Å². The number of piperidine rings is 1. The number of benzene rings is 1. The van der Waals surface area contributed by atoms with Crippen molar-refractivity contribution in [3.8, 4) is 0 Å². The first-order valence-corrected chi connectivity index (χ1v) is 8.00. The summed E-state index contributed by atoms with van der Waals surface area (Å²) in [6, 6.07) is 8.99. The van der Waals surface area contributed by atoms with Gasteiger partial charge in [0.05, 0.1) is 0 Å². The van der Waals surface area contributed by atoms with E-state index in [9.17, 15) is 13.6 Å². The number of rotatable bonds is 4. The molecule has 1 aliphatic heterocycles. The van der Waals surface area contributed by atoms with Gasteiger partial charge in [0.25, 0.3) is 5.91 Å². The van der Waals surface area contributed by atoms with Crippen LogP contribution in [-0.2, 0) is 6.54 Å². The molecule has 0 atom stereocenters. The highest BCUT2D eigenvalue weighted by Gasteiger charge is 2.22. The molecule has 0 saturated carbocycles. The molecule has 1 fully saturated rings. The predicted octanol–water partition coefficient (Wildman–Crippen LogP) is 2.75. The Morgan fingerprint density at radius 3 is 2.67 bits per heavy atom. The van der Waals surface area contributed by atoms with E-state index in [1.54, 1.807) is 24.4 Å². The van der Waals surface area contributed by atoms with Crippen molar-refractivity contribution in [3.05, 3.63) is 65.5 Å². The first-order chi connectivity index (χ1) is 11.6. The summed E-state index contributed by atoms with van der Waals surface area (Å²) in [5.41, 5.74) is 0.903. The molecule has 6 heteroatoms. The Labute approximate surface area is 139 Å². The number of pyridine rings is 1. The molecule has 126 valence electrons. The molecular formula is C18H19F2N3O. The van der Waals surface area contributed by atoms with Crippen LogP contribution in [0.25, 0.3) is 0 Å². The average molecular weight is 331 g/mol. The van der Waals surface area contributed by atoms with Gasteiger partial charge in [-0.1, -0.05) is 12.1 Å². The lowest BCUT2D eigenvalue weighted by molar-refractivity contribution is 0.0903. The zero-order valence-corrected chi connectivity index (χ0v) is 13.2. The van der Waals surface area contributed by atoms with E-state index >= 15 is 0 Å². The van der Waals surface area contributed by atoms with Gasteiger partial charge in [-0.25, -0.2) is 8.78 Å². The van der Waals surface area contributed by atoms with E-state index in [-0.39, 0.29) is 11.9 Å². The minimum Gasteiger partial charge on any atom is -0.348 e. The highest BCUT2D eigenvalue weighted by Crippen LogP contribution is 2.17. The fraction of sp³-hybridized carbons (Fsp3) is 0.333. The van der Waals surface area contributed by atoms with E-state index in [0.717, 1.165) is 32.0 Å². The molecule has 0 unspecified atom stereocenters. The van der Waals surface area contributed by atoms with Gasteiger partial charge in [-0.2, -0.15) is 0 Å². The van der Waals surface area contributed by atoms with Gasteiger partial charge in [-0.05, 0) is 31.0 Å².